The molecule has 0 radical (unpaired) electrons. The third kappa shape index (κ3) is 5.99. The van der Waals surface area contributed by atoms with Gasteiger partial charge in [0.25, 0.3) is 5.91 Å². The van der Waals surface area contributed by atoms with Gasteiger partial charge >= 0.3 is 5.97 Å². The van der Waals surface area contributed by atoms with Crippen molar-refractivity contribution in [1.82, 2.24) is 10.3 Å². The Balaban J connectivity index is 1.51. The third-order valence-corrected chi connectivity index (χ3v) is 5.43. The molecule has 1 heterocycles. The van der Waals surface area contributed by atoms with E-state index in [1.165, 1.54) is 0 Å². The van der Waals surface area contributed by atoms with Crippen LogP contribution in [0.2, 0.25) is 0 Å². The van der Waals surface area contributed by atoms with Gasteiger partial charge in [-0.1, -0.05) is 53.8 Å². The normalized spacial score (nSPS) is 10.4. The SMILES string of the molecule is CCOC(=O)c1sc(NC(=O)CCNC(=O)c2cccc(-c3ccccc3)c2)nc1C. The van der Waals surface area contributed by atoms with Crippen LogP contribution in [0.3, 0.4) is 0 Å². The molecule has 0 aliphatic carbocycles. The lowest BCUT2D eigenvalue weighted by molar-refractivity contribution is -0.116. The number of ether oxygens (including phenoxy) is 1. The van der Waals surface area contributed by atoms with Gasteiger partial charge in [0, 0.05) is 18.5 Å². The molecule has 2 amide bonds. The van der Waals surface area contributed by atoms with E-state index in [-0.39, 0.29) is 31.4 Å². The van der Waals surface area contributed by atoms with E-state index in [1.807, 2.05) is 48.5 Å². The number of hydrogen-bond donors (Lipinski definition) is 2. The van der Waals surface area contributed by atoms with Gasteiger partial charge in [-0.2, -0.15) is 0 Å². The van der Waals surface area contributed by atoms with Crippen molar-refractivity contribution < 1.29 is 19.1 Å². The van der Waals surface area contributed by atoms with Crippen molar-refractivity contribution in [1.29, 1.82) is 0 Å². The molecule has 160 valence electrons. The minimum atomic E-state index is -0.456. The highest BCUT2D eigenvalue weighted by molar-refractivity contribution is 7.17. The molecule has 1 aromatic heterocycles. The Morgan fingerprint density at radius 3 is 2.52 bits per heavy atom. The van der Waals surface area contributed by atoms with Gasteiger partial charge in [-0.15, -0.1) is 0 Å². The van der Waals surface area contributed by atoms with Crippen LogP contribution in [0.25, 0.3) is 11.1 Å². The molecule has 0 spiro atoms. The summed E-state index contributed by atoms with van der Waals surface area (Å²) in [6.45, 7) is 3.85. The van der Waals surface area contributed by atoms with Gasteiger partial charge in [0.1, 0.15) is 4.88 Å². The monoisotopic (exact) mass is 437 g/mol. The molecule has 31 heavy (non-hydrogen) atoms. The molecule has 7 nitrogen and oxygen atoms in total. The van der Waals surface area contributed by atoms with Crippen LogP contribution in [-0.4, -0.2) is 35.9 Å². The molecule has 0 saturated carbocycles. The second kappa shape index (κ2) is 10.5. The van der Waals surface area contributed by atoms with Gasteiger partial charge in [0.05, 0.1) is 12.3 Å². The first-order valence-corrected chi connectivity index (χ1v) is 10.7. The fraction of sp³-hybridized carbons (Fsp3) is 0.217. The molecule has 0 unspecified atom stereocenters. The Labute approximate surface area is 184 Å². The van der Waals surface area contributed by atoms with Gasteiger partial charge in [-0.05, 0) is 37.1 Å². The molecule has 3 rings (SSSR count). The van der Waals surface area contributed by atoms with Crippen molar-refractivity contribution in [2.24, 2.45) is 0 Å². The topological polar surface area (TPSA) is 97.4 Å². The third-order valence-electron chi connectivity index (χ3n) is 4.37. The maximum Gasteiger partial charge on any atom is 0.350 e. The lowest BCUT2D eigenvalue weighted by atomic mass is 10.0. The number of aryl methyl sites for hydroxylation is 1. The molecular formula is C23H23N3O4S. The Hall–Kier alpha value is -3.52. The van der Waals surface area contributed by atoms with Crippen molar-refractivity contribution in [3.05, 3.63) is 70.7 Å². The van der Waals surface area contributed by atoms with Crippen LogP contribution in [0.15, 0.2) is 54.6 Å². The van der Waals surface area contributed by atoms with Crippen LogP contribution in [0, 0.1) is 6.92 Å². The number of anilines is 1. The summed E-state index contributed by atoms with van der Waals surface area (Å²) >= 11 is 1.07. The van der Waals surface area contributed by atoms with Gasteiger partial charge in [0.2, 0.25) is 5.91 Å². The fourth-order valence-electron chi connectivity index (χ4n) is 2.88. The second-order valence-corrected chi connectivity index (χ2v) is 7.65. The van der Waals surface area contributed by atoms with Crippen LogP contribution in [0.5, 0.6) is 0 Å². The first kappa shape index (κ1) is 22.2. The van der Waals surface area contributed by atoms with E-state index in [9.17, 15) is 14.4 Å². The van der Waals surface area contributed by atoms with Crippen molar-refractivity contribution in [3.63, 3.8) is 0 Å². The number of hydrogen-bond acceptors (Lipinski definition) is 6. The number of nitrogens with zero attached hydrogens (tertiary/aromatic N) is 1. The summed E-state index contributed by atoms with van der Waals surface area (Å²) in [5.41, 5.74) is 3.00. The second-order valence-electron chi connectivity index (χ2n) is 6.65. The van der Waals surface area contributed by atoms with Gasteiger partial charge in [-0.3, -0.25) is 9.59 Å². The zero-order chi connectivity index (χ0) is 22.2. The maximum atomic E-state index is 12.4. The van der Waals surface area contributed by atoms with Crippen LogP contribution in [0.1, 0.15) is 39.1 Å². The van der Waals surface area contributed by atoms with Gasteiger partial charge in [-0.25, -0.2) is 9.78 Å². The van der Waals surface area contributed by atoms with E-state index in [2.05, 4.69) is 15.6 Å². The number of nitrogens with one attached hydrogen (secondary N) is 2. The predicted molar refractivity (Wildman–Crippen MR) is 120 cm³/mol. The average Bonchev–Trinajstić information content (AvgIpc) is 3.14. The Morgan fingerprint density at radius 1 is 1.03 bits per heavy atom. The fourth-order valence-corrected chi connectivity index (χ4v) is 3.76. The number of thiazole rings is 1. The molecule has 2 aromatic carbocycles. The summed E-state index contributed by atoms with van der Waals surface area (Å²) in [4.78, 5) is 41.0. The van der Waals surface area contributed by atoms with Crippen LogP contribution < -0.4 is 10.6 Å². The first-order valence-electron chi connectivity index (χ1n) is 9.86. The predicted octanol–water partition coefficient (Wildman–Crippen LogP) is 4.05. The minimum absolute atomic E-state index is 0.0808. The quantitative estimate of drug-likeness (QED) is 0.518. The summed E-state index contributed by atoms with van der Waals surface area (Å²) in [5, 5.41) is 5.73. The molecule has 0 bridgehead atoms. The van der Waals surface area contributed by atoms with Crippen molar-refractivity contribution in [2.45, 2.75) is 20.3 Å². The highest BCUT2D eigenvalue weighted by atomic mass is 32.1. The minimum Gasteiger partial charge on any atom is -0.462 e. The molecule has 0 aliphatic heterocycles. The number of carbonyl (C=O) groups is 3. The largest absolute Gasteiger partial charge is 0.462 e. The molecule has 0 atom stereocenters. The van der Waals surface area contributed by atoms with Crippen LogP contribution >= 0.6 is 11.3 Å². The Bertz CT molecular complexity index is 1080. The highest BCUT2D eigenvalue weighted by Crippen LogP contribution is 2.23. The summed E-state index contributed by atoms with van der Waals surface area (Å²) in [6, 6.07) is 17.1. The van der Waals surface area contributed by atoms with E-state index in [0.29, 0.717) is 21.3 Å². The van der Waals surface area contributed by atoms with E-state index in [0.717, 1.165) is 22.5 Å². The summed E-state index contributed by atoms with van der Waals surface area (Å²) < 4.78 is 4.97. The smallest absolute Gasteiger partial charge is 0.350 e. The summed E-state index contributed by atoms with van der Waals surface area (Å²) in [5.74, 6) is -1.01. The zero-order valence-electron chi connectivity index (χ0n) is 17.3. The van der Waals surface area contributed by atoms with E-state index < -0.39 is 5.97 Å². The van der Waals surface area contributed by atoms with Crippen LogP contribution in [0.4, 0.5) is 5.13 Å². The standard InChI is InChI=1S/C23H23N3O4S/c1-3-30-22(29)20-15(2)25-23(31-20)26-19(27)12-13-24-21(28)18-11-7-10-17(14-18)16-8-5-4-6-9-16/h4-11,14H,3,12-13H2,1-2H3,(H,24,28)(H,25,26,27). The molecule has 0 fully saturated rings. The van der Waals surface area contributed by atoms with E-state index >= 15 is 0 Å². The molecule has 0 aliphatic rings. The summed E-state index contributed by atoms with van der Waals surface area (Å²) in [6.07, 6.45) is 0.0808. The number of amides is 2. The molecule has 2 N–H and O–H groups in total. The highest BCUT2D eigenvalue weighted by Gasteiger charge is 2.17. The van der Waals surface area contributed by atoms with Crippen molar-refractivity contribution >= 4 is 34.3 Å². The average molecular weight is 438 g/mol. The number of carbonyl (C=O) groups excluding carboxylic acids is 3. The lowest BCUT2D eigenvalue weighted by Crippen LogP contribution is -2.27. The molecule has 0 saturated heterocycles. The van der Waals surface area contributed by atoms with Crippen LogP contribution in [-0.2, 0) is 9.53 Å². The molecule has 8 heteroatoms. The van der Waals surface area contributed by atoms with Crippen molar-refractivity contribution in [2.75, 3.05) is 18.5 Å². The zero-order valence-corrected chi connectivity index (χ0v) is 18.1. The summed E-state index contributed by atoms with van der Waals surface area (Å²) in [7, 11) is 0. The lowest BCUT2D eigenvalue weighted by Gasteiger charge is -2.07. The number of benzene rings is 2. The molecular weight excluding hydrogens is 414 g/mol. The van der Waals surface area contributed by atoms with Gasteiger partial charge < -0.3 is 15.4 Å². The number of aromatic nitrogens is 1. The first-order chi connectivity index (χ1) is 15.0. The van der Waals surface area contributed by atoms with Crippen molar-refractivity contribution in [3.8, 4) is 11.1 Å². The Morgan fingerprint density at radius 2 is 1.77 bits per heavy atom. The maximum absolute atomic E-state index is 12.4. The number of rotatable bonds is 8. The number of esters is 1. The Kier molecular flexibility index (Phi) is 7.50. The molecule has 3 aromatic rings. The van der Waals surface area contributed by atoms with Gasteiger partial charge in [0.15, 0.2) is 5.13 Å². The van der Waals surface area contributed by atoms with E-state index in [1.54, 1.807) is 19.9 Å². The van der Waals surface area contributed by atoms with E-state index in [4.69, 9.17) is 4.74 Å².